The first-order valence-electron chi connectivity index (χ1n) is 1.38. The maximum atomic E-state index is 9.36. The SMILES string of the molecule is O=[N+]([O-])C(=S)[N+](=O)[O-]. The van der Waals surface area contributed by atoms with E-state index < -0.39 is 15.0 Å². The van der Waals surface area contributed by atoms with Crippen molar-refractivity contribution in [3.63, 3.8) is 0 Å². The highest BCUT2D eigenvalue weighted by Gasteiger charge is 2.23. The summed E-state index contributed by atoms with van der Waals surface area (Å²) >= 11 is 3.70. The lowest BCUT2D eigenvalue weighted by atomic mass is 11.2. The van der Waals surface area contributed by atoms with E-state index in [-0.39, 0.29) is 0 Å². The summed E-state index contributed by atoms with van der Waals surface area (Å²) in [5, 5.41) is 17.4. The second-order valence-electron chi connectivity index (χ2n) is 0.797. The minimum Gasteiger partial charge on any atom is -0.253 e. The molecule has 8 heavy (non-hydrogen) atoms. The van der Waals surface area contributed by atoms with E-state index in [9.17, 15) is 20.2 Å². The Labute approximate surface area is 48.4 Å². The number of rotatable bonds is 0. The molecule has 0 unspecified atom stereocenters. The first-order chi connectivity index (χ1) is 3.55. The van der Waals surface area contributed by atoms with Gasteiger partial charge in [0.2, 0.25) is 0 Å². The highest BCUT2D eigenvalue weighted by atomic mass is 32.1. The standard InChI is InChI=1S/CN2O4S/c4-2(5)1(8)3(6)7. The summed E-state index contributed by atoms with van der Waals surface area (Å²) in [6, 6.07) is 0. The van der Waals surface area contributed by atoms with Crippen molar-refractivity contribution < 1.29 is 9.85 Å². The van der Waals surface area contributed by atoms with Crippen molar-refractivity contribution in [3.05, 3.63) is 20.2 Å². The Morgan fingerprint density at radius 3 is 1.50 bits per heavy atom. The van der Waals surface area contributed by atoms with Crippen LogP contribution in [0, 0.1) is 20.2 Å². The van der Waals surface area contributed by atoms with Crippen molar-refractivity contribution in [3.8, 4) is 0 Å². The van der Waals surface area contributed by atoms with E-state index in [1.807, 2.05) is 0 Å². The van der Waals surface area contributed by atoms with Crippen LogP contribution in [0.15, 0.2) is 0 Å². The summed E-state index contributed by atoms with van der Waals surface area (Å²) in [5.41, 5.74) is 0. The van der Waals surface area contributed by atoms with Gasteiger partial charge in [-0.2, -0.15) is 0 Å². The van der Waals surface area contributed by atoms with Crippen LogP contribution in [0.1, 0.15) is 0 Å². The van der Waals surface area contributed by atoms with Crippen LogP contribution in [0.3, 0.4) is 0 Å². The van der Waals surface area contributed by atoms with Gasteiger partial charge in [-0.15, -0.1) is 0 Å². The maximum Gasteiger partial charge on any atom is 0.631 e. The molecule has 0 aromatic rings. The normalized spacial score (nSPS) is 8.00. The number of nitrogens with zero attached hydrogens (tertiary/aromatic N) is 2. The van der Waals surface area contributed by atoms with Crippen molar-refractivity contribution >= 4 is 17.3 Å². The fourth-order valence-electron chi connectivity index (χ4n) is 0.0667. The van der Waals surface area contributed by atoms with Crippen molar-refractivity contribution in [2.45, 2.75) is 0 Å². The third-order valence-corrected chi connectivity index (χ3v) is 0.611. The van der Waals surface area contributed by atoms with Gasteiger partial charge in [0.05, 0.1) is 12.2 Å². The number of nitro groups is 2. The van der Waals surface area contributed by atoms with E-state index in [2.05, 4.69) is 12.2 Å². The predicted molar refractivity (Wildman–Crippen MR) is 26.6 cm³/mol. The van der Waals surface area contributed by atoms with E-state index in [4.69, 9.17) is 0 Å². The molecule has 0 bridgehead atoms. The van der Waals surface area contributed by atoms with E-state index in [1.54, 1.807) is 0 Å². The Kier molecular flexibility index (Phi) is 1.95. The molecule has 0 aromatic carbocycles. The van der Waals surface area contributed by atoms with Gasteiger partial charge < -0.3 is 0 Å². The molecule has 6 nitrogen and oxygen atoms in total. The van der Waals surface area contributed by atoms with Crippen LogP contribution >= 0.6 is 12.2 Å². The average molecular weight is 136 g/mol. The van der Waals surface area contributed by atoms with Gasteiger partial charge in [-0.3, -0.25) is 20.2 Å². The minimum absolute atomic E-state index is 1.23. The maximum absolute atomic E-state index is 9.36. The van der Waals surface area contributed by atoms with Crippen molar-refractivity contribution in [1.29, 1.82) is 0 Å². The van der Waals surface area contributed by atoms with Gasteiger partial charge in [0.25, 0.3) is 0 Å². The first-order valence-corrected chi connectivity index (χ1v) is 1.79. The number of hydrogen-bond donors (Lipinski definition) is 0. The fourth-order valence-corrected chi connectivity index (χ4v) is 0.0667. The van der Waals surface area contributed by atoms with E-state index in [0.717, 1.165) is 0 Å². The minimum atomic E-state index is -1.37. The lowest BCUT2D eigenvalue weighted by Gasteiger charge is -1.77. The van der Waals surface area contributed by atoms with Crippen LogP contribution < -0.4 is 0 Å². The van der Waals surface area contributed by atoms with Gasteiger partial charge in [-0.1, -0.05) is 0 Å². The van der Waals surface area contributed by atoms with Crippen molar-refractivity contribution in [1.82, 2.24) is 0 Å². The molecule has 0 aliphatic heterocycles. The summed E-state index contributed by atoms with van der Waals surface area (Å²) in [5.74, 6) is 0. The first kappa shape index (κ1) is 6.89. The molecule has 0 rings (SSSR count). The zero-order chi connectivity index (χ0) is 6.73. The van der Waals surface area contributed by atoms with Crippen molar-refractivity contribution in [2.75, 3.05) is 0 Å². The lowest BCUT2D eigenvalue weighted by Crippen LogP contribution is -2.18. The molecular formula is CN2O4S. The molecule has 0 aliphatic carbocycles. The predicted octanol–water partition coefficient (Wildman–Crippen LogP) is -0.175. The Morgan fingerprint density at radius 1 is 1.25 bits per heavy atom. The Morgan fingerprint density at radius 2 is 1.50 bits per heavy atom. The van der Waals surface area contributed by atoms with E-state index in [1.165, 1.54) is 0 Å². The molecule has 0 fully saturated rings. The van der Waals surface area contributed by atoms with Crippen LogP contribution in [0.25, 0.3) is 0 Å². The van der Waals surface area contributed by atoms with Gasteiger partial charge in [-0.25, -0.2) is 0 Å². The smallest absolute Gasteiger partial charge is 0.253 e. The molecule has 0 saturated carbocycles. The molecule has 0 aromatic heterocycles. The molecule has 0 radical (unpaired) electrons. The highest BCUT2D eigenvalue weighted by Crippen LogP contribution is 1.77. The summed E-state index contributed by atoms with van der Waals surface area (Å²) in [6.45, 7) is 0. The zero-order valence-corrected chi connectivity index (χ0v) is 4.25. The topological polar surface area (TPSA) is 86.3 Å². The van der Waals surface area contributed by atoms with Crippen LogP contribution in [0.5, 0.6) is 0 Å². The second-order valence-corrected chi connectivity index (χ2v) is 1.16. The van der Waals surface area contributed by atoms with Crippen LogP contribution in [0.2, 0.25) is 0 Å². The molecule has 7 heteroatoms. The van der Waals surface area contributed by atoms with Gasteiger partial charge in [-0.05, 0) is 0 Å². The van der Waals surface area contributed by atoms with Gasteiger partial charge >= 0.3 is 5.11 Å². The molecule has 0 N–H and O–H groups in total. The summed E-state index contributed by atoms with van der Waals surface area (Å²) < 4.78 is 0. The molecule has 0 saturated heterocycles. The summed E-state index contributed by atoms with van der Waals surface area (Å²) in [7, 11) is 0. The van der Waals surface area contributed by atoms with Crippen LogP contribution in [0.4, 0.5) is 0 Å². The lowest BCUT2D eigenvalue weighted by molar-refractivity contribution is -0.495. The number of thiocarbonyl (C=S) groups is 1. The van der Waals surface area contributed by atoms with Gasteiger partial charge in [0.15, 0.2) is 0 Å². The highest BCUT2D eigenvalue weighted by molar-refractivity contribution is 7.79. The molecular weight excluding hydrogens is 136 g/mol. The van der Waals surface area contributed by atoms with E-state index >= 15 is 0 Å². The fraction of sp³-hybridized carbons (Fsp3) is 0. The van der Waals surface area contributed by atoms with E-state index in [0.29, 0.717) is 0 Å². The largest absolute Gasteiger partial charge is 0.631 e. The van der Waals surface area contributed by atoms with Crippen LogP contribution in [-0.2, 0) is 0 Å². The Hall–Kier alpha value is -1.11. The molecule has 0 heterocycles. The summed E-state index contributed by atoms with van der Waals surface area (Å²) in [6.07, 6.45) is 0. The van der Waals surface area contributed by atoms with Gasteiger partial charge in [0, 0.05) is 0 Å². The molecule has 0 atom stereocenters. The molecule has 44 valence electrons. The Bertz CT molecular complexity index is 136. The summed E-state index contributed by atoms with van der Waals surface area (Å²) in [4.78, 5) is 16.3. The molecule has 0 aliphatic rings. The molecule has 0 amide bonds. The third kappa shape index (κ3) is 1.56. The third-order valence-electron chi connectivity index (χ3n) is 0.312. The van der Waals surface area contributed by atoms with Crippen LogP contribution in [-0.4, -0.2) is 15.0 Å². The average Bonchev–Trinajstić information content (AvgIpc) is 1.64. The zero-order valence-electron chi connectivity index (χ0n) is 3.44. The quantitative estimate of drug-likeness (QED) is 0.262. The monoisotopic (exact) mass is 136 g/mol. The molecule has 0 spiro atoms. The number of hydrogen-bond acceptors (Lipinski definition) is 5. The Balaban J connectivity index is 4.05. The van der Waals surface area contributed by atoms with Gasteiger partial charge in [0.1, 0.15) is 9.85 Å². The van der Waals surface area contributed by atoms with Crippen molar-refractivity contribution in [2.24, 2.45) is 0 Å². The second kappa shape index (κ2) is 2.26.